The fourth-order valence-electron chi connectivity index (χ4n) is 0.718. The number of carbonyl (C=O) groups excluding carboxylic acids is 1. The maximum Gasteiger partial charge on any atom is 0.404 e. The van der Waals surface area contributed by atoms with E-state index in [1.54, 1.807) is 12.4 Å². The molecule has 0 aliphatic rings. The molecule has 0 spiro atoms. The average molecular weight is 261 g/mol. The summed E-state index contributed by atoms with van der Waals surface area (Å²) in [5.74, 6) is 0.473. The molecular weight excluding hydrogens is 252 g/mol. The topological polar surface area (TPSA) is 90.1 Å². The van der Waals surface area contributed by atoms with Crippen molar-refractivity contribution in [2.45, 2.75) is 0 Å². The number of anilines is 1. The maximum atomic E-state index is 10.2. The molecule has 0 aliphatic heterocycles. The fourth-order valence-corrected chi connectivity index (χ4v) is 0.923. The molecule has 1 rings (SSSR count). The number of nitrogens with two attached hydrogens (primary N) is 1. The van der Waals surface area contributed by atoms with E-state index < -0.39 is 6.09 Å². The number of halogens is 1. The van der Waals surface area contributed by atoms with Gasteiger partial charge in [-0.2, -0.15) is 0 Å². The van der Waals surface area contributed by atoms with Crippen LogP contribution in [0, 0.1) is 0 Å². The second-order valence-corrected chi connectivity index (χ2v) is 3.23. The van der Waals surface area contributed by atoms with Crippen LogP contribution in [-0.4, -0.2) is 29.2 Å². The summed E-state index contributed by atoms with van der Waals surface area (Å²) in [6.45, 7) is 0.610. The molecule has 1 amide bonds. The molecule has 76 valence electrons. The maximum absolute atomic E-state index is 10.2. The highest BCUT2D eigenvalue weighted by molar-refractivity contribution is 9.10. The Kier molecular flexibility index (Phi) is 4.11. The minimum Gasteiger partial charge on any atom is -0.448 e. The van der Waals surface area contributed by atoms with E-state index in [1.807, 2.05) is 0 Å². The zero-order valence-electron chi connectivity index (χ0n) is 7.24. The van der Waals surface area contributed by atoms with Crippen molar-refractivity contribution in [2.24, 2.45) is 5.73 Å². The quantitative estimate of drug-likeness (QED) is 0.780. The molecule has 0 aromatic carbocycles. The first kappa shape index (κ1) is 10.7. The normalized spacial score (nSPS) is 9.50. The standard InChI is InChI=1S/C7H9BrN4O2/c8-5-3-11-7(12-4-5)10-1-2-14-6(9)13/h3-4H,1-2H2,(H2,9,13)(H,10,11,12). The van der Waals surface area contributed by atoms with Crippen LogP contribution in [0.2, 0.25) is 0 Å². The van der Waals surface area contributed by atoms with E-state index in [0.29, 0.717) is 12.5 Å². The zero-order chi connectivity index (χ0) is 10.4. The number of aromatic nitrogens is 2. The monoisotopic (exact) mass is 260 g/mol. The summed E-state index contributed by atoms with van der Waals surface area (Å²) >= 11 is 3.21. The van der Waals surface area contributed by atoms with Crippen LogP contribution < -0.4 is 11.1 Å². The van der Waals surface area contributed by atoms with Crippen molar-refractivity contribution >= 4 is 28.0 Å². The van der Waals surface area contributed by atoms with Crippen molar-refractivity contribution in [3.63, 3.8) is 0 Å². The third-order valence-electron chi connectivity index (χ3n) is 1.25. The molecule has 1 aromatic rings. The Morgan fingerprint density at radius 1 is 1.57 bits per heavy atom. The first-order valence-corrected chi connectivity index (χ1v) is 4.61. The summed E-state index contributed by atoms with van der Waals surface area (Å²) in [5, 5.41) is 2.85. The van der Waals surface area contributed by atoms with Crippen LogP contribution in [0.25, 0.3) is 0 Å². The molecule has 1 heterocycles. The Morgan fingerprint density at radius 3 is 2.79 bits per heavy atom. The highest BCUT2D eigenvalue weighted by Gasteiger charge is 1.96. The first-order valence-electron chi connectivity index (χ1n) is 3.82. The molecule has 7 heteroatoms. The number of hydrogen-bond donors (Lipinski definition) is 2. The van der Waals surface area contributed by atoms with Gasteiger partial charge in [-0.15, -0.1) is 0 Å². The number of ether oxygens (including phenoxy) is 1. The molecule has 0 bridgehead atoms. The van der Waals surface area contributed by atoms with Gasteiger partial charge in [-0.3, -0.25) is 0 Å². The molecule has 6 nitrogen and oxygen atoms in total. The minimum absolute atomic E-state index is 0.189. The lowest BCUT2D eigenvalue weighted by Gasteiger charge is -2.03. The lowest BCUT2D eigenvalue weighted by Crippen LogP contribution is -2.18. The molecule has 0 radical (unpaired) electrons. The van der Waals surface area contributed by atoms with Gasteiger partial charge in [-0.1, -0.05) is 0 Å². The van der Waals surface area contributed by atoms with Crippen molar-refractivity contribution in [2.75, 3.05) is 18.5 Å². The predicted molar refractivity (Wildman–Crippen MR) is 53.8 cm³/mol. The minimum atomic E-state index is -0.788. The van der Waals surface area contributed by atoms with Gasteiger partial charge in [0.25, 0.3) is 0 Å². The predicted octanol–water partition coefficient (Wildman–Crippen LogP) is 0.746. The number of amides is 1. The van der Waals surface area contributed by atoms with Gasteiger partial charge in [0.2, 0.25) is 5.95 Å². The Bertz CT molecular complexity index is 303. The average Bonchev–Trinajstić information content (AvgIpc) is 2.15. The van der Waals surface area contributed by atoms with Crippen LogP contribution in [0.15, 0.2) is 16.9 Å². The molecule has 0 fully saturated rings. The molecule has 0 atom stereocenters. The van der Waals surface area contributed by atoms with E-state index in [4.69, 9.17) is 5.73 Å². The SMILES string of the molecule is NC(=O)OCCNc1ncc(Br)cn1. The number of nitrogens with one attached hydrogen (secondary N) is 1. The van der Waals surface area contributed by atoms with E-state index >= 15 is 0 Å². The Labute approximate surface area is 89.0 Å². The number of primary amides is 1. The third-order valence-corrected chi connectivity index (χ3v) is 1.66. The molecule has 0 aliphatic carbocycles. The van der Waals surface area contributed by atoms with E-state index in [2.05, 4.69) is 36.0 Å². The van der Waals surface area contributed by atoms with E-state index in [9.17, 15) is 4.79 Å². The van der Waals surface area contributed by atoms with Crippen molar-refractivity contribution in [1.29, 1.82) is 0 Å². The van der Waals surface area contributed by atoms with Gasteiger partial charge in [0.1, 0.15) is 6.61 Å². The van der Waals surface area contributed by atoms with Gasteiger partial charge in [-0.05, 0) is 15.9 Å². The molecule has 3 N–H and O–H groups in total. The molecule has 0 saturated heterocycles. The van der Waals surface area contributed by atoms with Crippen molar-refractivity contribution < 1.29 is 9.53 Å². The largest absolute Gasteiger partial charge is 0.448 e. The third kappa shape index (κ3) is 4.04. The van der Waals surface area contributed by atoms with E-state index in [0.717, 1.165) is 4.47 Å². The molecule has 1 aromatic heterocycles. The van der Waals surface area contributed by atoms with Crippen LogP contribution in [-0.2, 0) is 4.74 Å². The highest BCUT2D eigenvalue weighted by Crippen LogP contribution is 2.06. The Balaban J connectivity index is 2.25. The van der Waals surface area contributed by atoms with Gasteiger partial charge in [0.05, 0.1) is 11.0 Å². The zero-order valence-corrected chi connectivity index (χ0v) is 8.82. The lowest BCUT2D eigenvalue weighted by atomic mass is 10.6. The lowest BCUT2D eigenvalue weighted by molar-refractivity contribution is 0.161. The van der Waals surface area contributed by atoms with Crippen LogP contribution >= 0.6 is 15.9 Å². The smallest absolute Gasteiger partial charge is 0.404 e. The number of nitrogens with zero attached hydrogens (tertiary/aromatic N) is 2. The van der Waals surface area contributed by atoms with Gasteiger partial charge in [0, 0.05) is 12.4 Å². The summed E-state index contributed by atoms with van der Waals surface area (Å²) in [4.78, 5) is 18.1. The van der Waals surface area contributed by atoms with E-state index in [-0.39, 0.29) is 6.61 Å². The Hall–Kier alpha value is -1.37. The van der Waals surface area contributed by atoms with Gasteiger partial charge in [0.15, 0.2) is 0 Å². The van der Waals surface area contributed by atoms with Gasteiger partial charge in [-0.25, -0.2) is 14.8 Å². The van der Waals surface area contributed by atoms with Crippen LogP contribution in [0.4, 0.5) is 10.7 Å². The van der Waals surface area contributed by atoms with E-state index in [1.165, 1.54) is 0 Å². The first-order chi connectivity index (χ1) is 6.68. The van der Waals surface area contributed by atoms with Crippen LogP contribution in [0.5, 0.6) is 0 Å². The van der Waals surface area contributed by atoms with Crippen LogP contribution in [0.1, 0.15) is 0 Å². The number of rotatable bonds is 4. The highest BCUT2D eigenvalue weighted by atomic mass is 79.9. The van der Waals surface area contributed by atoms with Crippen molar-refractivity contribution in [3.05, 3.63) is 16.9 Å². The fraction of sp³-hybridized carbons (Fsp3) is 0.286. The molecule has 0 unspecified atom stereocenters. The molecule has 0 saturated carbocycles. The summed E-state index contributed by atoms with van der Waals surface area (Å²) in [6, 6.07) is 0. The summed E-state index contributed by atoms with van der Waals surface area (Å²) in [7, 11) is 0. The number of carbonyl (C=O) groups is 1. The molecule has 14 heavy (non-hydrogen) atoms. The van der Waals surface area contributed by atoms with Crippen LogP contribution in [0.3, 0.4) is 0 Å². The van der Waals surface area contributed by atoms with Gasteiger partial charge < -0.3 is 15.8 Å². The second-order valence-electron chi connectivity index (χ2n) is 2.32. The number of hydrogen-bond acceptors (Lipinski definition) is 5. The summed E-state index contributed by atoms with van der Waals surface area (Å²) in [5.41, 5.74) is 4.77. The second kappa shape index (κ2) is 5.38. The Morgan fingerprint density at radius 2 is 2.21 bits per heavy atom. The van der Waals surface area contributed by atoms with Crippen molar-refractivity contribution in [3.8, 4) is 0 Å². The van der Waals surface area contributed by atoms with Crippen molar-refractivity contribution in [1.82, 2.24) is 9.97 Å². The van der Waals surface area contributed by atoms with Gasteiger partial charge >= 0.3 is 6.09 Å². The molecular formula is C7H9BrN4O2. The summed E-state index contributed by atoms with van der Waals surface area (Å²) < 4.78 is 5.30. The summed E-state index contributed by atoms with van der Waals surface area (Å²) in [6.07, 6.45) is 2.44.